The molecule has 0 bridgehead atoms. The average molecular weight is 228 g/mol. The van der Waals surface area contributed by atoms with Gasteiger partial charge in [-0.3, -0.25) is 0 Å². The van der Waals surface area contributed by atoms with Gasteiger partial charge in [0.05, 0.1) is 0 Å². The summed E-state index contributed by atoms with van der Waals surface area (Å²) in [7, 11) is 0. The molecule has 1 aliphatic rings. The van der Waals surface area contributed by atoms with E-state index in [9.17, 15) is 0 Å². The first-order chi connectivity index (χ1) is 6.84. The normalized spacial score (nSPS) is 18.4. The second kappa shape index (κ2) is 5.06. The van der Waals surface area contributed by atoms with Crippen molar-refractivity contribution in [2.45, 2.75) is 23.0 Å². The lowest BCUT2D eigenvalue weighted by atomic mass is 10.2. The molecule has 1 saturated heterocycles. The summed E-state index contributed by atoms with van der Waals surface area (Å²) in [6.07, 6.45) is 2.54. The molecule has 1 N–H and O–H groups in total. The highest BCUT2D eigenvalue weighted by atomic mass is 35.5. The van der Waals surface area contributed by atoms with E-state index in [1.165, 1.54) is 17.7 Å². The molecule has 2 rings (SSSR count). The minimum Gasteiger partial charge on any atom is -0.317 e. The molecule has 0 radical (unpaired) electrons. The molecule has 14 heavy (non-hydrogen) atoms. The molecule has 0 aromatic heterocycles. The van der Waals surface area contributed by atoms with Crippen LogP contribution < -0.4 is 5.32 Å². The summed E-state index contributed by atoms with van der Waals surface area (Å²) >= 11 is 7.81. The first kappa shape index (κ1) is 10.3. The van der Waals surface area contributed by atoms with Gasteiger partial charge in [-0.2, -0.15) is 0 Å². The van der Waals surface area contributed by atoms with E-state index in [0.717, 1.165) is 23.4 Å². The minimum absolute atomic E-state index is 0.775. The molecule has 1 heterocycles. The summed E-state index contributed by atoms with van der Waals surface area (Å²) in [5, 5.41) is 4.97. The van der Waals surface area contributed by atoms with Crippen molar-refractivity contribution in [3.05, 3.63) is 29.3 Å². The Bertz CT molecular complexity index is 280. The van der Waals surface area contributed by atoms with E-state index < -0.39 is 0 Å². The van der Waals surface area contributed by atoms with Gasteiger partial charge in [0.1, 0.15) is 0 Å². The molecule has 1 fully saturated rings. The molecule has 1 aromatic rings. The van der Waals surface area contributed by atoms with E-state index in [-0.39, 0.29) is 0 Å². The van der Waals surface area contributed by atoms with Crippen LogP contribution in [-0.2, 0) is 0 Å². The van der Waals surface area contributed by atoms with Gasteiger partial charge in [0.15, 0.2) is 0 Å². The number of benzene rings is 1. The van der Waals surface area contributed by atoms with Crippen molar-refractivity contribution in [1.82, 2.24) is 5.32 Å². The number of hydrogen-bond donors (Lipinski definition) is 1. The molecule has 0 aliphatic carbocycles. The molecule has 76 valence electrons. The van der Waals surface area contributed by atoms with Gasteiger partial charge in [-0.1, -0.05) is 11.6 Å². The monoisotopic (exact) mass is 227 g/mol. The molecule has 0 amide bonds. The number of piperidine rings is 1. The number of halogens is 1. The Morgan fingerprint density at radius 1 is 1.14 bits per heavy atom. The zero-order valence-corrected chi connectivity index (χ0v) is 9.57. The van der Waals surface area contributed by atoms with Gasteiger partial charge in [-0.15, -0.1) is 11.8 Å². The molecule has 0 spiro atoms. The van der Waals surface area contributed by atoms with Crippen LogP contribution in [0.2, 0.25) is 5.02 Å². The maximum absolute atomic E-state index is 5.84. The smallest absolute Gasteiger partial charge is 0.0406 e. The summed E-state index contributed by atoms with van der Waals surface area (Å²) < 4.78 is 0. The van der Waals surface area contributed by atoms with Crippen molar-refractivity contribution in [3.63, 3.8) is 0 Å². The fourth-order valence-corrected chi connectivity index (χ4v) is 2.89. The molecular weight excluding hydrogens is 214 g/mol. The van der Waals surface area contributed by atoms with E-state index >= 15 is 0 Å². The van der Waals surface area contributed by atoms with Crippen LogP contribution in [-0.4, -0.2) is 18.3 Å². The van der Waals surface area contributed by atoms with E-state index in [1.54, 1.807) is 0 Å². The summed E-state index contributed by atoms with van der Waals surface area (Å²) in [4.78, 5) is 1.33. The van der Waals surface area contributed by atoms with Crippen molar-refractivity contribution in [1.29, 1.82) is 0 Å². The molecule has 3 heteroatoms. The molecule has 0 saturated carbocycles. The predicted octanol–water partition coefficient (Wildman–Crippen LogP) is 3.18. The van der Waals surface area contributed by atoms with Gasteiger partial charge in [0.25, 0.3) is 0 Å². The fraction of sp³-hybridized carbons (Fsp3) is 0.455. The average Bonchev–Trinajstić information content (AvgIpc) is 2.23. The van der Waals surface area contributed by atoms with Gasteiger partial charge in [0.2, 0.25) is 0 Å². The number of hydrogen-bond acceptors (Lipinski definition) is 2. The highest BCUT2D eigenvalue weighted by Gasteiger charge is 2.13. The van der Waals surface area contributed by atoms with Crippen molar-refractivity contribution in [2.75, 3.05) is 13.1 Å². The van der Waals surface area contributed by atoms with Crippen molar-refractivity contribution < 1.29 is 0 Å². The SMILES string of the molecule is Clc1ccc(SC2CCNCC2)cc1. The Balaban J connectivity index is 1.92. The lowest BCUT2D eigenvalue weighted by Gasteiger charge is -2.21. The third kappa shape index (κ3) is 2.91. The molecule has 0 atom stereocenters. The lowest BCUT2D eigenvalue weighted by molar-refractivity contribution is 0.531. The molecule has 0 unspecified atom stereocenters. The molecule has 1 aliphatic heterocycles. The van der Waals surface area contributed by atoms with E-state index in [1.807, 2.05) is 23.9 Å². The minimum atomic E-state index is 0.775. The molecule has 1 aromatic carbocycles. The Morgan fingerprint density at radius 3 is 2.43 bits per heavy atom. The van der Waals surface area contributed by atoms with Gasteiger partial charge < -0.3 is 5.32 Å². The van der Waals surface area contributed by atoms with Crippen LogP contribution in [0.3, 0.4) is 0 Å². The zero-order valence-electron chi connectivity index (χ0n) is 8.00. The molecule has 1 nitrogen and oxygen atoms in total. The summed E-state index contributed by atoms with van der Waals surface area (Å²) in [6.45, 7) is 2.32. The van der Waals surface area contributed by atoms with Crippen LogP contribution in [0.5, 0.6) is 0 Å². The van der Waals surface area contributed by atoms with Crippen LogP contribution in [0, 0.1) is 0 Å². The van der Waals surface area contributed by atoms with Crippen LogP contribution >= 0.6 is 23.4 Å². The van der Waals surface area contributed by atoms with E-state index in [4.69, 9.17) is 11.6 Å². The summed E-state index contributed by atoms with van der Waals surface area (Å²) in [6, 6.07) is 8.14. The van der Waals surface area contributed by atoms with Crippen LogP contribution in [0.15, 0.2) is 29.2 Å². The van der Waals surface area contributed by atoms with Crippen LogP contribution in [0.4, 0.5) is 0 Å². The van der Waals surface area contributed by atoms with E-state index in [2.05, 4.69) is 17.4 Å². The third-order valence-electron chi connectivity index (χ3n) is 2.40. The second-order valence-electron chi connectivity index (χ2n) is 3.52. The molecular formula is C11H14ClNS. The maximum atomic E-state index is 5.84. The predicted molar refractivity (Wildman–Crippen MR) is 63.2 cm³/mol. The summed E-state index contributed by atoms with van der Waals surface area (Å²) in [5.74, 6) is 0. The Hall–Kier alpha value is -0.180. The van der Waals surface area contributed by atoms with E-state index in [0.29, 0.717) is 0 Å². The quantitative estimate of drug-likeness (QED) is 0.833. The highest BCUT2D eigenvalue weighted by molar-refractivity contribution is 8.00. The number of thioether (sulfide) groups is 1. The van der Waals surface area contributed by atoms with Gasteiger partial charge in [-0.25, -0.2) is 0 Å². The van der Waals surface area contributed by atoms with Crippen molar-refractivity contribution in [3.8, 4) is 0 Å². The standard InChI is InChI=1S/C11H14ClNS/c12-9-1-3-10(4-2-9)14-11-5-7-13-8-6-11/h1-4,11,13H,5-8H2. The van der Waals surface area contributed by atoms with Crippen LogP contribution in [0.25, 0.3) is 0 Å². The summed E-state index contributed by atoms with van der Waals surface area (Å²) in [5.41, 5.74) is 0. The lowest BCUT2D eigenvalue weighted by Crippen LogP contribution is -2.29. The second-order valence-corrected chi connectivity index (χ2v) is 5.33. The van der Waals surface area contributed by atoms with Crippen LogP contribution in [0.1, 0.15) is 12.8 Å². The largest absolute Gasteiger partial charge is 0.317 e. The topological polar surface area (TPSA) is 12.0 Å². The zero-order chi connectivity index (χ0) is 9.80. The Kier molecular flexibility index (Phi) is 3.74. The third-order valence-corrected chi connectivity index (χ3v) is 4.00. The first-order valence-electron chi connectivity index (χ1n) is 4.97. The van der Waals surface area contributed by atoms with Gasteiger partial charge in [-0.05, 0) is 50.2 Å². The van der Waals surface area contributed by atoms with Crippen molar-refractivity contribution >= 4 is 23.4 Å². The number of rotatable bonds is 2. The van der Waals surface area contributed by atoms with Gasteiger partial charge in [0, 0.05) is 15.2 Å². The first-order valence-corrected chi connectivity index (χ1v) is 6.23. The Morgan fingerprint density at radius 2 is 1.79 bits per heavy atom. The fourth-order valence-electron chi connectivity index (χ4n) is 1.62. The highest BCUT2D eigenvalue weighted by Crippen LogP contribution is 2.29. The Labute approximate surface area is 94.2 Å². The number of nitrogens with one attached hydrogen (secondary N) is 1. The van der Waals surface area contributed by atoms with Crippen molar-refractivity contribution in [2.24, 2.45) is 0 Å². The maximum Gasteiger partial charge on any atom is 0.0406 e. The van der Waals surface area contributed by atoms with Gasteiger partial charge >= 0.3 is 0 Å².